The largest absolute Gasteiger partial charge is 0.358 e. The second kappa shape index (κ2) is 8.61. The van der Waals surface area contributed by atoms with Gasteiger partial charge in [0.05, 0.1) is 5.02 Å². The monoisotopic (exact) mass is 377 g/mol. The Balaban J connectivity index is 1.47. The van der Waals surface area contributed by atoms with Crippen LogP contribution in [0.5, 0.6) is 0 Å². The molecule has 0 unspecified atom stereocenters. The van der Waals surface area contributed by atoms with Gasteiger partial charge in [0.2, 0.25) is 0 Å². The van der Waals surface area contributed by atoms with Gasteiger partial charge in [0.15, 0.2) is 5.11 Å². The average Bonchev–Trinajstić information content (AvgIpc) is 3.11. The summed E-state index contributed by atoms with van der Waals surface area (Å²) in [6.45, 7) is 4.07. The fourth-order valence-electron chi connectivity index (χ4n) is 2.89. The highest BCUT2D eigenvalue weighted by atomic mass is 35.5. The molecular weight excluding hydrogens is 357 g/mol. The minimum absolute atomic E-state index is 0.0707. The summed E-state index contributed by atoms with van der Waals surface area (Å²) in [4.78, 5) is 2.49. The first-order chi connectivity index (χ1) is 12.1. The zero-order valence-corrected chi connectivity index (χ0v) is 15.5. The third-order valence-electron chi connectivity index (χ3n) is 4.26. The van der Waals surface area contributed by atoms with Crippen molar-refractivity contribution in [3.63, 3.8) is 0 Å². The molecule has 3 rings (SSSR count). The Morgan fingerprint density at radius 2 is 1.76 bits per heavy atom. The topological polar surface area (TPSA) is 27.3 Å². The number of nitrogens with one attached hydrogen (secondary N) is 2. The Morgan fingerprint density at radius 3 is 2.44 bits per heavy atom. The zero-order valence-electron chi connectivity index (χ0n) is 13.9. The first-order valence-corrected chi connectivity index (χ1v) is 9.19. The maximum absolute atomic E-state index is 13.2. The lowest BCUT2D eigenvalue weighted by Crippen LogP contribution is -2.27. The normalized spacial score (nSPS) is 14.5. The van der Waals surface area contributed by atoms with Gasteiger partial charge < -0.3 is 10.6 Å². The Kier molecular flexibility index (Phi) is 6.24. The lowest BCUT2D eigenvalue weighted by molar-refractivity contribution is 0.331. The molecule has 0 atom stereocenters. The molecule has 0 bridgehead atoms. The number of benzene rings is 2. The highest BCUT2D eigenvalue weighted by Gasteiger charge is 2.11. The van der Waals surface area contributed by atoms with E-state index in [1.165, 1.54) is 43.6 Å². The zero-order chi connectivity index (χ0) is 17.6. The fourth-order valence-corrected chi connectivity index (χ4v) is 3.26. The molecule has 0 saturated carbocycles. The van der Waals surface area contributed by atoms with E-state index in [0.29, 0.717) is 17.3 Å². The molecule has 1 saturated heterocycles. The van der Waals surface area contributed by atoms with E-state index < -0.39 is 5.82 Å². The van der Waals surface area contributed by atoms with Crippen molar-refractivity contribution in [1.29, 1.82) is 0 Å². The third-order valence-corrected chi connectivity index (χ3v) is 4.79. The molecule has 1 fully saturated rings. The van der Waals surface area contributed by atoms with E-state index in [1.807, 2.05) is 0 Å². The summed E-state index contributed by atoms with van der Waals surface area (Å²) in [6, 6.07) is 13.0. The predicted molar refractivity (Wildman–Crippen MR) is 105 cm³/mol. The second-order valence-electron chi connectivity index (χ2n) is 6.24. The van der Waals surface area contributed by atoms with Gasteiger partial charge in [-0.15, -0.1) is 0 Å². The maximum atomic E-state index is 13.2. The van der Waals surface area contributed by atoms with Crippen LogP contribution in [0.3, 0.4) is 0 Å². The van der Waals surface area contributed by atoms with E-state index in [1.54, 1.807) is 6.07 Å². The molecule has 6 heteroatoms. The van der Waals surface area contributed by atoms with Crippen LogP contribution < -0.4 is 10.6 Å². The Hall–Kier alpha value is -1.69. The molecule has 1 heterocycles. The van der Waals surface area contributed by atoms with Crippen molar-refractivity contribution < 1.29 is 4.39 Å². The second-order valence-corrected chi connectivity index (χ2v) is 7.05. The van der Waals surface area contributed by atoms with Gasteiger partial charge in [-0.25, -0.2) is 4.39 Å². The van der Waals surface area contributed by atoms with Gasteiger partial charge in [0.25, 0.3) is 0 Å². The first kappa shape index (κ1) is 18.1. The van der Waals surface area contributed by atoms with Gasteiger partial charge in [0, 0.05) is 18.8 Å². The summed E-state index contributed by atoms with van der Waals surface area (Å²) in [7, 11) is 0. The Bertz CT molecular complexity index is 730. The van der Waals surface area contributed by atoms with Crippen molar-refractivity contribution >= 4 is 34.6 Å². The molecule has 1 aliphatic heterocycles. The van der Waals surface area contributed by atoms with Crippen LogP contribution in [0.2, 0.25) is 5.02 Å². The third kappa shape index (κ3) is 5.39. The summed E-state index contributed by atoms with van der Waals surface area (Å²) < 4.78 is 13.2. The van der Waals surface area contributed by atoms with E-state index in [4.69, 9.17) is 23.8 Å². The average molecular weight is 378 g/mol. The quantitative estimate of drug-likeness (QED) is 0.747. The van der Waals surface area contributed by atoms with Crippen LogP contribution in [-0.4, -0.2) is 23.1 Å². The van der Waals surface area contributed by atoms with Crippen molar-refractivity contribution in [2.24, 2.45) is 0 Å². The number of nitrogens with zero attached hydrogens (tertiary/aromatic N) is 1. The molecule has 2 aromatic rings. The molecule has 2 N–H and O–H groups in total. The van der Waals surface area contributed by atoms with E-state index in [9.17, 15) is 4.39 Å². The van der Waals surface area contributed by atoms with Crippen LogP contribution in [0.25, 0.3) is 0 Å². The minimum atomic E-state index is -0.444. The van der Waals surface area contributed by atoms with Crippen LogP contribution in [-0.2, 0) is 13.1 Å². The van der Waals surface area contributed by atoms with Crippen LogP contribution in [0.15, 0.2) is 42.5 Å². The number of hydrogen-bond acceptors (Lipinski definition) is 2. The minimum Gasteiger partial charge on any atom is -0.358 e. The van der Waals surface area contributed by atoms with Gasteiger partial charge in [-0.1, -0.05) is 35.9 Å². The Labute approximate surface area is 158 Å². The van der Waals surface area contributed by atoms with E-state index >= 15 is 0 Å². The van der Waals surface area contributed by atoms with Crippen molar-refractivity contribution in [3.05, 3.63) is 64.4 Å². The van der Waals surface area contributed by atoms with Crippen molar-refractivity contribution in [2.75, 3.05) is 18.4 Å². The molecule has 132 valence electrons. The number of likely N-dealkylation sites (tertiary alicyclic amines) is 1. The van der Waals surface area contributed by atoms with Crippen molar-refractivity contribution in [1.82, 2.24) is 10.2 Å². The summed E-state index contributed by atoms with van der Waals surface area (Å²) in [5.74, 6) is -0.444. The van der Waals surface area contributed by atoms with Gasteiger partial charge in [-0.3, -0.25) is 4.90 Å². The van der Waals surface area contributed by atoms with Gasteiger partial charge in [0.1, 0.15) is 5.82 Å². The van der Waals surface area contributed by atoms with Crippen LogP contribution in [0, 0.1) is 5.82 Å². The van der Waals surface area contributed by atoms with E-state index in [-0.39, 0.29) is 5.02 Å². The molecule has 1 aliphatic rings. The smallest absolute Gasteiger partial charge is 0.171 e. The standard InChI is InChI=1S/C19H21ClFN3S/c20-17-11-16(7-8-18(17)21)23-19(25)22-12-14-3-5-15(6-4-14)13-24-9-1-2-10-24/h3-8,11H,1-2,9-10,12-13H2,(H2,22,23,25). The van der Waals surface area contributed by atoms with Crippen molar-refractivity contribution in [3.8, 4) is 0 Å². The molecule has 0 aromatic heterocycles. The highest BCUT2D eigenvalue weighted by Crippen LogP contribution is 2.19. The molecule has 0 aliphatic carbocycles. The fraction of sp³-hybridized carbons (Fsp3) is 0.316. The van der Waals surface area contributed by atoms with Crippen LogP contribution in [0.4, 0.5) is 10.1 Å². The van der Waals surface area contributed by atoms with Gasteiger partial charge in [-0.05, 0) is 67.5 Å². The Morgan fingerprint density at radius 1 is 1.08 bits per heavy atom. The molecular formula is C19H21ClFN3S. The SMILES string of the molecule is Fc1ccc(NC(=S)NCc2ccc(CN3CCCC3)cc2)cc1Cl. The number of thiocarbonyl (C=S) groups is 1. The number of hydrogen-bond donors (Lipinski definition) is 2. The van der Waals surface area contributed by atoms with Crippen molar-refractivity contribution in [2.45, 2.75) is 25.9 Å². The van der Waals surface area contributed by atoms with Crippen LogP contribution in [0.1, 0.15) is 24.0 Å². The maximum Gasteiger partial charge on any atom is 0.171 e. The molecule has 25 heavy (non-hydrogen) atoms. The number of rotatable bonds is 5. The summed E-state index contributed by atoms with van der Waals surface area (Å²) >= 11 is 11.0. The predicted octanol–water partition coefficient (Wildman–Crippen LogP) is 4.56. The molecule has 0 amide bonds. The summed E-state index contributed by atoms with van der Waals surface area (Å²) in [6.07, 6.45) is 2.62. The van der Waals surface area contributed by atoms with Crippen LogP contribution >= 0.6 is 23.8 Å². The van der Waals surface area contributed by atoms with Gasteiger partial charge in [-0.2, -0.15) is 0 Å². The van der Waals surface area contributed by atoms with E-state index in [0.717, 1.165) is 12.1 Å². The first-order valence-electron chi connectivity index (χ1n) is 8.40. The van der Waals surface area contributed by atoms with Gasteiger partial charge >= 0.3 is 0 Å². The van der Waals surface area contributed by atoms with E-state index in [2.05, 4.69) is 39.8 Å². The summed E-state index contributed by atoms with van der Waals surface area (Å²) in [5.41, 5.74) is 3.16. The summed E-state index contributed by atoms with van der Waals surface area (Å²) in [5, 5.41) is 6.70. The lowest BCUT2D eigenvalue weighted by atomic mass is 10.1. The number of anilines is 1. The molecule has 3 nitrogen and oxygen atoms in total. The lowest BCUT2D eigenvalue weighted by Gasteiger charge is -2.15. The molecule has 2 aromatic carbocycles. The highest BCUT2D eigenvalue weighted by molar-refractivity contribution is 7.80. The number of halogens is 2. The molecule has 0 spiro atoms. The molecule has 0 radical (unpaired) electrons.